The fourth-order valence-electron chi connectivity index (χ4n) is 2.64. The van der Waals surface area contributed by atoms with Crippen LogP contribution in [-0.2, 0) is 4.79 Å². The smallest absolute Gasteiger partial charge is 0.261 e. The topological polar surface area (TPSA) is 92.3 Å². The van der Waals surface area contributed by atoms with E-state index < -0.39 is 0 Å². The minimum Gasteiger partial charge on any atom is -0.325 e. The van der Waals surface area contributed by atoms with Crippen molar-refractivity contribution in [1.29, 1.82) is 0 Å². The molecule has 0 saturated carbocycles. The van der Waals surface area contributed by atoms with Crippen LogP contribution < -0.4 is 5.32 Å². The molecule has 26 heavy (non-hydrogen) atoms. The van der Waals surface area contributed by atoms with Gasteiger partial charge in [0.25, 0.3) is 11.8 Å². The second-order valence-corrected chi connectivity index (χ2v) is 7.46. The summed E-state index contributed by atoms with van der Waals surface area (Å²) >= 11 is 2.86. The summed E-state index contributed by atoms with van der Waals surface area (Å²) in [5, 5.41) is 5.45. The Labute approximate surface area is 156 Å². The molecule has 1 N–H and O–H groups in total. The zero-order chi connectivity index (χ0) is 18.3. The lowest BCUT2D eigenvalue weighted by Gasteiger charge is -2.06. The number of nitrogens with one attached hydrogen (secondary N) is 1. The number of rotatable bonds is 4. The maximum atomic E-state index is 12.2. The van der Waals surface area contributed by atoms with Gasteiger partial charge in [0.15, 0.2) is 0 Å². The molecule has 9 heteroatoms. The van der Waals surface area contributed by atoms with Gasteiger partial charge >= 0.3 is 0 Å². The van der Waals surface area contributed by atoms with Crippen molar-refractivity contribution < 1.29 is 14.4 Å². The number of imide groups is 1. The van der Waals surface area contributed by atoms with Gasteiger partial charge in [-0.3, -0.25) is 19.3 Å². The lowest BCUT2D eigenvalue weighted by Crippen LogP contribution is -2.24. The van der Waals surface area contributed by atoms with Crippen molar-refractivity contribution in [1.82, 2.24) is 14.9 Å². The van der Waals surface area contributed by atoms with Crippen LogP contribution in [0.5, 0.6) is 0 Å². The Morgan fingerprint density at radius 3 is 2.85 bits per heavy atom. The molecule has 0 fully saturated rings. The minimum atomic E-state index is -0.364. The molecule has 1 aromatic carbocycles. The van der Waals surface area contributed by atoms with Gasteiger partial charge in [-0.2, -0.15) is 0 Å². The highest BCUT2D eigenvalue weighted by molar-refractivity contribution is 8.00. The Hall–Kier alpha value is -2.78. The largest absolute Gasteiger partial charge is 0.325 e. The van der Waals surface area contributed by atoms with Crippen LogP contribution in [0.15, 0.2) is 41.0 Å². The number of hydrogen-bond donors (Lipinski definition) is 1. The van der Waals surface area contributed by atoms with E-state index >= 15 is 0 Å². The Morgan fingerprint density at radius 2 is 2.00 bits per heavy atom. The average molecular weight is 384 g/mol. The number of hydrogen-bond acceptors (Lipinski definition) is 7. The summed E-state index contributed by atoms with van der Waals surface area (Å²) in [5.41, 5.74) is 2.00. The Bertz CT molecular complexity index is 1060. The molecule has 0 spiro atoms. The van der Waals surface area contributed by atoms with E-state index in [1.807, 2.05) is 11.4 Å². The summed E-state index contributed by atoms with van der Waals surface area (Å²) in [6, 6.07) is 6.62. The standard InChI is InChI=1S/C17H12N4O3S2/c1-21-16(23)10-3-2-9(6-11(10)17(21)24)20-13(22)7-26-15-14-12(4-5-25-14)18-8-19-15/h2-6,8H,7H2,1H3,(H,20,22). The number of benzene rings is 1. The number of nitrogens with zero attached hydrogens (tertiary/aromatic N) is 3. The summed E-state index contributed by atoms with van der Waals surface area (Å²) in [7, 11) is 1.44. The first-order valence-corrected chi connectivity index (χ1v) is 9.48. The maximum Gasteiger partial charge on any atom is 0.261 e. The number of thioether (sulfide) groups is 1. The Kier molecular flexibility index (Phi) is 4.17. The molecule has 1 aliphatic rings. The fraction of sp³-hybridized carbons (Fsp3) is 0.118. The second-order valence-electron chi connectivity index (χ2n) is 5.58. The van der Waals surface area contributed by atoms with Crippen LogP contribution in [0, 0.1) is 0 Å². The lowest BCUT2D eigenvalue weighted by atomic mass is 10.1. The van der Waals surface area contributed by atoms with Crippen LogP contribution in [0.3, 0.4) is 0 Å². The first-order chi connectivity index (χ1) is 12.5. The molecule has 0 aliphatic carbocycles. The van der Waals surface area contributed by atoms with Crippen molar-refractivity contribution in [3.8, 4) is 0 Å². The molecule has 2 aromatic heterocycles. The zero-order valence-electron chi connectivity index (χ0n) is 13.6. The van der Waals surface area contributed by atoms with Crippen LogP contribution in [0.25, 0.3) is 10.2 Å². The molecule has 3 amide bonds. The molecule has 0 unspecified atom stereocenters. The predicted octanol–water partition coefficient (Wildman–Crippen LogP) is 2.65. The van der Waals surface area contributed by atoms with Gasteiger partial charge in [-0.25, -0.2) is 9.97 Å². The van der Waals surface area contributed by atoms with Gasteiger partial charge in [0.1, 0.15) is 11.4 Å². The number of carbonyl (C=O) groups excluding carboxylic acids is 3. The Balaban J connectivity index is 1.45. The molecule has 3 aromatic rings. The quantitative estimate of drug-likeness (QED) is 0.422. The van der Waals surface area contributed by atoms with Gasteiger partial charge in [-0.05, 0) is 29.6 Å². The van der Waals surface area contributed by atoms with Gasteiger partial charge in [0.05, 0.1) is 27.1 Å². The number of thiophene rings is 1. The van der Waals surface area contributed by atoms with Crippen LogP contribution in [0.1, 0.15) is 20.7 Å². The normalized spacial score (nSPS) is 13.3. The number of carbonyl (C=O) groups is 3. The molecule has 130 valence electrons. The van der Waals surface area contributed by atoms with E-state index in [1.165, 1.54) is 42.5 Å². The van der Waals surface area contributed by atoms with E-state index in [4.69, 9.17) is 0 Å². The summed E-state index contributed by atoms with van der Waals surface area (Å²) in [5.74, 6) is -0.740. The van der Waals surface area contributed by atoms with Gasteiger partial charge < -0.3 is 5.32 Å². The van der Waals surface area contributed by atoms with Crippen LogP contribution in [0.4, 0.5) is 5.69 Å². The zero-order valence-corrected chi connectivity index (χ0v) is 15.2. The third kappa shape index (κ3) is 2.85. The molecular formula is C17H12N4O3S2. The molecule has 0 radical (unpaired) electrons. The summed E-state index contributed by atoms with van der Waals surface area (Å²) in [4.78, 5) is 45.6. The van der Waals surface area contributed by atoms with Crippen LogP contribution in [-0.4, -0.2) is 45.4 Å². The van der Waals surface area contributed by atoms with Gasteiger partial charge in [0, 0.05) is 12.7 Å². The SMILES string of the molecule is CN1C(=O)c2ccc(NC(=O)CSc3ncnc4ccsc34)cc2C1=O. The van der Waals surface area contributed by atoms with Crippen LogP contribution >= 0.6 is 23.1 Å². The molecule has 3 heterocycles. The van der Waals surface area contributed by atoms with E-state index in [0.29, 0.717) is 16.8 Å². The number of aromatic nitrogens is 2. The fourth-order valence-corrected chi connectivity index (χ4v) is 4.39. The third-order valence-electron chi connectivity index (χ3n) is 3.92. The highest BCUT2D eigenvalue weighted by atomic mass is 32.2. The van der Waals surface area contributed by atoms with Crippen molar-refractivity contribution in [2.45, 2.75) is 5.03 Å². The van der Waals surface area contributed by atoms with E-state index in [-0.39, 0.29) is 23.5 Å². The molecular weight excluding hydrogens is 372 g/mol. The molecule has 0 bridgehead atoms. The first kappa shape index (κ1) is 16.7. The van der Waals surface area contributed by atoms with Crippen molar-refractivity contribution in [2.24, 2.45) is 0 Å². The summed E-state index contributed by atoms with van der Waals surface area (Å²) in [6.45, 7) is 0. The number of anilines is 1. The van der Waals surface area contributed by atoms with E-state index in [1.54, 1.807) is 12.1 Å². The second kappa shape index (κ2) is 6.50. The number of fused-ring (bicyclic) bond motifs is 2. The van der Waals surface area contributed by atoms with Gasteiger partial charge in [-0.15, -0.1) is 11.3 Å². The molecule has 4 rings (SSSR count). The van der Waals surface area contributed by atoms with E-state index in [0.717, 1.165) is 20.1 Å². The summed E-state index contributed by atoms with van der Waals surface area (Å²) < 4.78 is 0.954. The predicted molar refractivity (Wildman–Crippen MR) is 99.6 cm³/mol. The molecule has 0 saturated heterocycles. The van der Waals surface area contributed by atoms with Gasteiger partial charge in [-0.1, -0.05) is 11.8 Å². The first-order valence-electron chi connectivity index (χ1n) is 7.62. The van der Waals surface area contributed by atoms with E-state index in [9.17, 15) is 14.4 Å². The Morgan fingerprint density at radius 1 is 1.19 bits per heavy atom. The van der Waals surface area contributed by atoms with Crippen molar-refractivity contribution in [3.05, 3.63) is 47.1 Å². The van der Waals surface area contributed by atoms with E-state index in [2.05, 4.69) is 15.3 Å². The molecule has 0 atom stereocenters. The minimum absolute atomic E-state index is 0.174. The van der Waals surface area contributed by atoms with Crippen molar-refractivity contribution in [2.75, 3.05) is 18.1 Å². The highest BCUT2D eigenvalue weighted by Gasteiger charge is 2.32. The van der Waals surface area contributed by atoms with Crippen LogP contribution in [0.2, 0.25) is 0 Å². The van der Waals surface area contributed by atoms with Gasteiger partial charge in [0.2, 0.25) is 5.91 Å². The summed E-state index contributed by atoms with van der Waals surface area (Å²) in [6.07, 6.45) is 1.48. The molecule has 7 nitrogen and oxygen atoms in total. The van der Waals surface area contributed by atoms with Crippen molar-refractivity contribution >= 4 is 56.7 Å². The average Bonchev–Trinajstić information content (AvgIpc) is 3.20. The van der Waals surface area contributed by atoms with Crippen molar-refractivity contribution in [3.63, 3.8) is 0 Å². The number of amides is 3. The molecule has 1 aliphatic heterocycles. The lowest BCUT2D eigenvalue weighted by molar-refractivity contribution is -0.113. The highest BCUT2D eigenvalue weighted by Crippen LogP contribution is 2.29. The maximum absolute atomic E-state index is 12.2. The monoisotopic (exact) mass is 384 g/mol. The third-order valence-corrected chi connectivity index (χ3v) is 5.95.